The molecule has 2 unspecified atom stereocenters. The van der Waals surface area contributed by atoms with E-state index in [1.54, 1.807) is 0 Å². The molecule has 0 aromatic heterocycles. The summed E-state index contributed by atoms with van der Waals surface area (Å²) in [4.78, 5) is 11.6. The molecule has 0 aliphatic heterocycles. The van der Waals surface area contributed by atoms with Crippen LogP contribution in [0.15, 0.2) is 0 Å². The van der Waals surface area contributed by atoms with Crippen molar-refractivity contribution < 1.29 is 14.1 Å². The molecule has 0 radical (unpaired) electrons. The molecule has 0 aromatic carbocycles. The maximum Gasteiger partial charge on any atom is 0.335 e. The van der Waals surface area contributed by atoms with Gasteiger partial charge in [-0.05, 0) is 12.8 Å². The minimum absolute atomic E-state index is 0.222. The first-order valence-corrected chi connectivity index (χ1v) is 6.75. The lowest BCUT2D eigenvalue weighted by atomic mass is 10.1. The van der Waals surface area contributed by atoms with Crippen LogP contribution in [0, 0.1) is 0 Å². The van der Waals surface area contributed by atoms with Crippen molar-refractivity contribution in [3.05, 3.63) is 0 Å². The number of carbonyl (C=O) groups excluding carboxylic acids is 1. The zero-order valence-corrected chi connectivity index (χ0v) is 11.7. The van der Waals surface area contributed by atoms with E-state index < -0.39 is 6.10 Å². The third kappa shape index (κ3) is 8.06. The van der Waals surface area contributed by atoms with Gasteiger partial charge in [0.2, 0.25) is 0 Å². The molecule has 0 N–H and O–H groups in total. The van der Waals surface area contributed by atoms with Crippen molar-refractivity contribution in [1.29, 1.82) is 0 Å². The van der Waals surface area contributed by atoms with Crippen molar-refractivity contribution >= 4 is 15.4 Å². The standard InChI is InChI=1S/C12H25O3P/c1-3-5-7-8-10-14-12(13)11(15-16)9-6-4-2/h11H,3-10,16H2,1-2H3. The van der Waals surface area contributed by atoms with E-state index in [4.69, 9.17) is 9.26 Å². The van der Waals surface area contributed by atoms with Gasteiger partial charge in [-0.15, -0.1) is 0 Å². The summed E-state index contributed by atoms with van der Waals surface area (Å²) in [5.41, 5.74) is 0. The summed E-state index contributed by atoms with van der Waals surface area (Å²) in [6.45, 7) is 4.78. The maximum atomic E-state index is 11.6. The molecule has 0 saturated heterocycles. The molecule has 2 atom stereocenters. The van der Waals surface area contributed by atoms with E-state index in [1.165, 1.54) is 12.8 Å². The largest absolute Gasteiger partial charge is 0.464 e. The van der Waals surface area contributed by atoms with Crippen LogP contribution in [0.5, 0.6) is 0 Å². The van der Waals surface area contributed by atoms with Crippen molar-refractivity contribution in [2.75, 3.05) is 6.61 Å². The molecule has 0 spiro atoms. The molecule has 0 rings (SSSR count). The third-order valence-corrected chi connectivity index (χ3v) is 2.82. The summed E-state index contributed by atoms with van der Waals surface area (Å²) in [6, 6.07) is 0. The molecular formula is C12H25O3P. The summed E-state index contributed by atoms with van der Waals surface area (Å²) >= 11 is 0. The lowest BCUT2D eigenvalue weighted by molar-refractivity contribution is -0.151. The fourth-order valence-corrected chi connectivity index (χ4v) is 1.67. The summed E-state index contributed by atoms with van der Waals surface area (Å²) < 4.78 is 10.2. The Morgan fingerprint density at radius 1 is 1.12 bits per heavy atom. The van der Waals surface area contributed by atoms with Crippen LogP contribution in [0.1, 0.15) is 58.8 Å². The zero-order valence-electron chi connectivity index (χ0n) is 10.5. The topological polar surface area (TPSA) is 35.5 Å². The monoisotopic (exact) mass is 248 g/mol. The van der Waals surface area contributed by atoms with E-state index in [9.17, 15) is 4.79 Å². The van der Waals surface area contributed by atoms with Crippen LogP contribution in [-0.4, -0.2) is 18.7 Å². The highest BCUT2D eigenvalue weighted by molar-refractivity contribution is 7.09. The highest BCUT2D eigenvalue weighted by atomic mass is 31.0. The summed E-state index contributed by atoms with van der Waals surface area (Å²) in [6.07, 6.45) is 6.88. The number of hydrogen-bond acceptors (Lipinski definition) is 3. The number of carbonyl (C=O) groups is 1. The highest BCUT2D eigenvalue weighted by Crippen LogP contribution is 2.10. The Balaban J connectivity index is 3.58. The number of unbranched alkanes of at least 4 members (excludes halogenated alkanes) is 4. The van der Waals surface area contributed by atoms with Gasteiger partial charge in [-0.25, -0.2) is 4.79 Å². The van der Waals surface area contributed by atoms with Gasteiger partial charge in [0.1, 0.15) is 0 Å². The molecule has 4 heteroatoms. The van der Waals surface area contributed by atoms with E-state index in [0.29, 0.717) is 6.61 Å². The zero-order chi connectivity index (χ0) is 12.2. The average Bonchev–Trinajstić information content (AvgIpc) is 2.30. The van der Waals surface area contributed by atoms with E-state index in [2.05, 4.69) is 23.3 Å². The molecule has 0 heterocycles. The molecule has 0 fully saturated rings. The minimum atomic E-state index is -0.406. The van der Waals surface area contributed by atoms with E-state index >= 15 is 0 Å². The van der Waals surface area contributed by atoms with Crippen LogP contribution < -0.4 is 0 Å². The Morgan fingerprint density at radius 2 is 1.81 bits per heavy atom. The normalized spacial score (nSPS) is 12.4. The van der Waals surface area contributed by atoms with Gasteiger partial charge in [0.25, 0.3) is 0 Å². The summed E-state index contributed by atoms with van der Waals surface area (Å²) in [7, 11) is 2.15. The second-order valence-corrected chi connectivity index (χ2v) is 4.27. The molecule has 0 saturated carbocycles. The van der Waals surface area contributed by atoms with Gasteiger partial charge in [-0.3, -0.25) is 0 Å². The smallest absolute Gasteiger partial charge is 0.335 e. The highest BCUT2D eigenvalue weighted by Gasteiger charge is 2.18. The van der Waals surface area contributed by atoms with Crippen LogP contribution in [0.4, 0.5) is 0 Å². The van der Waals surface area contributed by atoms with Gasteiger partial charge in [-0.2, -0.15) is 0 Å². The van der Waals surface area contributed by atoms with Gasteiger partial charge in [-0.1, -0.05) is 46.0 Å². The maximum absolute atomic E-state index is 11.6. The molecule has 96 valence electrons. The Bertz CT molecular complexity index is 174. The molecular weight excluding hydrogens is 223 g/mol. The Hall–Kier alpha value is -0.140. The summed E-state index contributed by atoms with van der Waals surface area (Å²) in [5, 5.41) is 0. The van der Waals surface area contributed by atoms with Gasteiger partial charge < -0.3 is 9.26 Å². The van der Waals surface area contributed by atoms with Gasteiger partial charge in [0.05, 0.1) is 6.61 Å². The Kier molecular flexibility index (Phi) is 11.2. The third-order valence-electron chi connectivity index (χ3n) is 2.49. The van der Waals surface area contributed by atoms with Gasteiger partial charge in [0, 0.05) is 9.47 Å². The van der Waals surface area contributed by atoms with Crippen molar-refractivity contribution in [2.45, 2.75) is 64.9 Å². The molecule has 0 aromatic rings. The molecule has 0 bridgehead atoms. The first kappa shape index (κ1) is 15.9. The van der Waals surface area contributed by atoms with Crippen LogP contribution in [-0.2, 0) is 14.1 Å². The number of rotatable bonds is 10. The first-order chi connectivity index (χ1) is 7.76. The summed E-state index contributed by atoms with van der Waals surface area (Å²) in [5.74, 6) is -0.222. The lowest BCUT2D eigenvalue weighted by Crippen LogP contribution is -2.24. The molecule has 16 heavy (non-hydrogen) atoms. The molecule has 0 aliphatic carbocycles. The lowest BCUT2D eigenvalue weighted by Gasteiger charge is -2.13. The van der Waals surface area contributed by atoms with E-state index in [-0.39, 0.29) is 5.97 Å². The van der Waals surface area contributed by atoms with Gasteiger partial charge >= 0.3 is 5.97 Å². The van der Waals surface area contributed by atoms with Crippen molar-refractivity contribution in [1.82, 2.24) is 0 Å². The molecule has 3 nitrogen and oxygen atoms in total. The Morgan fingerprint density at radius 3 is 2.38 bits per heavy atom. The quantitative estimate of drug-likeness (QED) is 0.337. The average molecular weight is 248 g/mol. The van der Waals surface area contributed by atoms with Crippen LogP contribution in [0.25, 0.3) is 0 Å². The number of ether oxygens (including phenoxy) is 1. The first-order valence-electron chi connectivity index (χ1n) is 6.28. The van der Waals surface area contributed by atoms with Crippen molar-refractivity contribution in [3.8, 4) is 0 Å². The van der Waals surface area contributed by atoms with Crippen LogP contribution in [0.3, 0.4) is 0 Å². The second kappa shape index (κ2) is 11.3. The Labute approximate surface area is 102 Å². The van der Waals surface area contributed by atoms with Crippen LogP contribution >= 0.6 is 9.47 Å². The fraction of sp³-hybridized carbons (Fsp3) is 0.917. The predicted octanol–water partition coefficient (Wildman–Crippen LogP) is 3.48. The predicted molar refractivity (Wildman–Crippen MR) is 69.2 cm³/mol. The second-order valence-electron chi connectivity index (χ2n) is 4.00. The van der Waals surface area contributed by atoms with E-state index in [0.717, 1.165) is 32.1 Å². The van der Waals surface area contributed by atoms with Gasteiger partial charge in [0.15, 0.2) is 6.10 Å². The molecule has 0 amide bonds. The van der Waals surface area contributed by atoms with E-state index in [1.807, 2.05) is 0 Å². The number of esters is 1. The number of hydrogen-bond donors (Lipinski definition) is 0. The van der Waals surface area contributed by atoms with Crippen molar-refractivity contribution in [2.24, 2.45) is 0 Å². The molecule has 0 aliphatic rings. The van der Waals surface area contributed by atoms with Crippen LogP contribution in [0.2, 0.25) is 0 Å². The SMILES string of the molecule is CCCCCCOC(=O)C(CCCC)OP. The van der Waals surface area contributed by atoms with Crippen molar-refractivity contribution in [3.63, 3.8) is 0 Å². The fourth-order valence-electron chi connectivity index (χ4n) is 1.43. The minimum Gasteiger partial charge on any atom is -0.464 e.